The van der Waals surface area contributed by atoms with Gasteiger partial charge in [-0.05, 0) is 92.3 Å². The lowest BCUT2D eigenvalue weighted by molar-refractivity contribution is -0.137. The van der Waals surface area contributed by atoms with E-state index in [-0.39, 0.29) is 11.5 Å². The Kier molecular flexibility index (Phi) is 5.69. The quantitative estimate of drug-likeness (QED) is 0.391. The van der Waals surface area contributed by atoms with Crippen LogP contribution < -0.4 is 10.2 Å². The zero-order chi connectivity index (χ0) is 25.9. The van der Waals surface area contributed by atoms with Crippen molar-refractivity contribution in [2.24, 2.45) is 5.41 Å². The van der Waals surface area contributed by atoms with E-state index >= 15 is 0 Å². The summed E-state index contributed by atoms with van der Waals surface area (Å²) in [4.78, 5) is 2.52. The number of allylic oxidation sites excluding steroid dienone is 1. The molecule has 0 atom stereocenters. The van der Waals surface area contributed by atoms with E-state index in [0.29, 0.717) is 11.1 Å². The fourth-order valence-electron chi connectivity index (χ4n) is 6.69. The van der Waals surface area contributed by atoms with Crippen molar-refractivity contribution in [1.29, 1.82) is 0 Å². The number of aromatic nitrogens is 1. The molecule has 38 heavy (non-hydrogen) atoms. The highest BCUT2D eigenvalue weighted by molar-refractivity contribution is 5.77. The van der Waals surface area contributed by atoms with Gasteiger partial charge in [-0.3, -0.25) is 0 Å². The van der Waals surface area contributed by atoms with Crippen LogP contribution in [0.1, 0.15) is 72.5 Å². The third-order valence-corrected chi connectivity index (χ3v) is 9.01. The van der Waals surface area contributed by atoms with Crippen LogP contribution in [0, 0.1) is 5.41 Å². The minimum absolute atomic E-state index is 0.102. The molecular weight excluding hydrogens is 487 g/mol. The third-order valence-electron chi connectivity index (χ3n) is 9.01. The van der Waals surface area contributed by atoms with E-state index in [0.717, 1.165) is 88.5 Å². The van der Waals surface area contributed by atoms with Crippen LogP contribution in [-0.4, -0.2) is 24.8 Å². The topological polar surface area (TPSA) is 41.3 Å². The number of halogens is 3. The summed E-state index contributed by atoms with van der Waals surface area (Å²) < 4.78 is 47.0. The van der Waals surface area contributed by atoms with E-state index in [9.17, 15) is 13.2 Å². The highest BCUT2D eigenvalue weighted by Crippen LogP contribution is 2.54. The molecule has 2 aliphatic heterocycles. The largest absolute Gasteiger partial charge is 0.417 e. The Hall–Kier alpha value is -3.06. The Labute approximate surface area is 220 Å². The van der Waals surface area contributed by atoms with Crippen molar-refractivity contribution in [1.82, 2.24) is 10.5 Å². The summed E-state index contributed by atoms with van der Waals surface area (Å²) in [6.07, 6.45) is 5.06. The molecule has 3 heterocycles. The molecule has 2 saturated carbocycles. The predicted molar refractivity (Wildman–Crippen MR) is 142 cm³/mol. The molecule has 4 nitrogen and oxygen atoms in total. The Balaban J connectivity index is 1.09. The minimum Gasteiger partial charge on any atom is -0.371 e. The number of piperidine rings is 1. The van der Waals surface area contributed by atoms with Crippen LogP contribution in [0.15, 0.2) is 52.6 Å². The molecule has 1 spiro atoms. The summed E-state index contributed by atoms with van der Waals surface area (Å²) in [7, 11) is 0. The second-order valence-electron chi connectivity index (χ2n) is 11.6. The average molecular weight is 520 g/mol. The van der Waals surface area contributed by atoms with E-state index in [1.54, 1.807) is 6.07 Å². The van der Waals surface area contributed by atoms with Crippen LogP contribution in [0.5, 0.6) is 0 Å². The van der Waals surface area contributed by atoms with E-state index < -0.39 is 11.7 Å². The van der Waals surface area contributed by atoms with Gasteiger partial charge in [-0.25, -0.2) is 0 Å². The van der Waals surface area contributed by atoms with Gasteiger partial charge in [0.2, 0.25) is 0 Å². The first-order valence-electron chi connectivity index (χ1n) is 13.8. The van der Waals surface area contributed by atoms with Crippen molar-refractivity contribution >= 4 is 11.8 Å². The first-order chi connectivity index (χ1) is 18.4. The predicted octanol–water partition coefficient (Wildman–Crippen LogP) is 7.35. The second kappa shape index (κ2) is 9.01. The van der Waals surface area contributed by atoms with Crippen LogP contribution in [0.3, 0.4) is 0 Å². The molecule has 3 fully saturated rings. The summed E-state index contributed by atoms with van der Waals surface area (Å²) >= 11 is 0. The molecular formula is C31H32F3N3O. The van der Waals surface area contributed by atoms with Crippen LogP contribution in [-0.2, 0) is 19.1 Å². The summed E-state index contributed by atoms with van der Waals surface area (Å²) in [5.74, 6) is 1.02. The van der Waals surface area contributed by atoms with Gasteiger partial charge in [0.15, 0.2) is 0 Å². The molecule has 4 aliphatic rings. The molecule has 0 amide bonds. The van der Waals surface area contributed by atoms with Crippen molar-refractivity contribution in [3.63, 3.8) is 0 Å². The number of hydrogen-bond acceptors (Lipinski definition) is 4. The number of alkyl halides is 3. The zero-order valence-corrected chi connectivity index (χ0v) is 21.4. The molecule has 2 aromatic carbocycles. The maximum absolute atomic E-state index is 13.8. The van der Waals surface area contributed by atoms with Gasteiger partial charge < -0.3 is 14.7 Å². The van der Waals surface area contributed by atoms with Crippen molar-refractivity contribution in [2.45, 2.75) is 63.6 Å². The number of benzene rings is 2. The van der Waals surface area contributed by atoms with Crippen molar-refractivity contribution in [3.8, 4) is 11.3 Å². The van der Waals surface area contributed by atoms with Crippen LogP contribution in [0.25, 0.3) is 17.3 Å². The van der Waals surface area contributed by atoms with Gasteiger partial charge in [0.05, 0.1) is 5.56 Å². The van der Waals surface area contributed by atoms with E-state index in [4.69, 9.17) is 4.52 Å². The zero-order valence-electron chi connectivity index (χ0n) is 21.4. The summed E-state index contributed by atoms with van der Waals surface area (Å²) in [6.45, 7) is 4.11. The fourth-order valence-corrected chi connectivity index (χ4v) is 6.69. The SMILES string of the molecule is FC(F)(F)c1ccccc1-c1noc(C2CC2)c1C=C1CC2(CCN(c3ccc4c(c3)CCNC4)CC2)C1. The number of hydrogen-bond donors (Lipinski definition) is 1. The molecule has 1 aromatic heterocycles. The molecule has 2 aliphatic carbocycles. The normalized spacial score (nSPS) is 20.8. The number of fused-ring (bicyclic) bond motifs is 1. The lowest BCUT2D eigenvalue weighted by Gasteiger charge is -2.50. The molecule has 3 aromatic rings. The van der Waals surface area contributed by atoms with Crippen LogP contribution in [0.2, 0.25) is 0 Å². The van der Waals surface area contributed by atoms with E-state index in [2.05, 4.69) is 39.6 Å². The highest BCUT2D eigenvalue weighted by Gasteiger charge is 2.44. The average Bonchev–Trinajstić information content (AvgIpc) is 3.67. The molecule has 1 saturated heterocycles. The number of rotatable bonds is 4. The summed E-state index contributed by atoms with van der Waals surface area (Å²) in [5, 5.41) is 7.62. The van der Waals surface area contributed by atoms with Gasteiger partial charge in [0.25, 0.3) is 0 Å². The van der Waals surface area contributed by atoms with Gasteiger partial charge in [-0.2, -0.15) is 13.2 Å². The standard InChI is InChI=1S/C31H32F3N3O/c32-31(33,34)27-4-2-1-3-25(27)28-26(29(38-36-28)21-5-6-21)15-20-17-30(18-20)10-13-37(14-11-30)24-8-7-23-19-35-12-9-22(23)16-24/h1-4,7-8,15-16,21,35H,5-6,9-14,17-19H2. The van der Waals surface area contributed by atoms with Crippen molar-refractivity contribution in [3.05, 3.63) is 76.1 Å². The Morgan fingerprint density at radius 1 is 1.03 bits per heavy atom. The fraction of sp³-hybridized carbons (Fsp3) is 0.452. The first kappa shape index (κ1) is 24.0. The second-order valence-corrected chi connectivity index (χ2v) is 11.6. The number of nitrogens with one attached hydrogen (secondary N) is 1. The lowest BCUT2D eigenvalue weighted by Crippen LogP contribution is -2.44. The Bertz CT molecular complexity index is 1380. The molecule has 0 bridgehead atoms. The number of anilines is 1. The monoisotopic (exact) mass is 519 g/mol. The number of nitrogens with zero attached hydrogens (tertiary/aromatic N) is 2. The van der Waals surface area contributed by atoms with Crippen molar-refractivity contribution < 1.29 is 17.7 Å². The van der Waals surface area contributed by atoms with Gasteiger partial charge >= 0.3 is 6.18 Å². The van der Waals surface area contributed by atoms with Gasteiger partial charge in [0.1, 0.15) is 11.5 Å². The third kappa shape index (κ3) is 4.35. The van der Waals surface area contributed by atoms with E-state index in [1.165, 1.54) is 34.5 Å². The van der Waals surface area contributed by atoms with Gasteiger partial charge in [-0.15, -0.1) is 0 Å². The molecule has 0 radical (unpaired) electrons. The van der Waals surface area contributed by atoms with Gasteiger partial charge in [0, 0.05) is 42.4 Å². The maximum atomic E-state index is 13.8. The van der Waals surface area contributed by atoms with Crippen LogP contribution in [0.4, 0.5) is 18.9 Å². The maximum Gasteiger partial charge on any atom is 0.417 e. The van der Waals surface area contributed by atoms with Crippen molar-refractivity contribution in [2.75, 3.05) is 24.5 Å². The molecule has 7 rings (SSSR count). The van der Waals surface area contributed by atoms with Gasteiger partial charge in [-0.1, -0.05) is 35.0 Å². The molecule has 1 N–H and O–H groups in total. The lowest BCUT2D eigenvalue weighted by atomic mass is 9.60. The Morgan fingerprint density at radius 3 is 2.58 bits per heavy atom. The smallest absolute Gasteiger partial charge is 0.371 e. The summed E-state index contributed by atoms with van der Waals surface area (Å²) in [6, 6.07) is 12.6. The van der Waals surface area contributed by atoms with Crippen LogP contribution >= 0.6 is 0 Å². The summed E-state index contributed by atoms with van der Waals surface area (Å²) in [5.41, 5.74) is 6.36. The molecule has 198 valence electrons. The minimum atomic E-state index is -4.44. The van der Waals surface area contributed by atoms with E-state index in [1.807, 2.05) is 0 Å². The first-order valence-corrected chi connectivity index (χ1v) is 13.8. The highest BCUT2D eigenvalue weighted by atomic mass is 19.4. The molecule has 7 heteroatoms. The molecule has 0 unspecified atom stereocenters. The Morgan fingerprint density at radius 2 is 1.82 bits per heavy atom.